The fourth-order valence-corrected chi connectivity index (χ4v) is 4.12. The van der Waals surface area contributed by atoms with Crippen molar-refractivity contribution >= 4 is 5.97 Å². The van der Waals surface area contributed by atoms with Crippen LogP contribution in [0.1, 0.15) is 19.3 Å². The molecule has 0 aromatic rings. The summed E-state index contributed by atoms with van der Waals surface area (Å²) in [6, 6.07) is 0. The monoisotopic (exact) mass is 230 g/mol. The lowest BCUT2D eigenvalue weighted by atomic mass is 9.72. The molecule has 3 aliphatic rings. The number of cyclic esters (lactones) is 1. The number of ether oxygens (including phenoxy) is 1. The maximum Gasteiger partial charge on any atom is 0.310 e. The number of carbonyl (C=O) groups is 1. The zero-order valence-electron chi connectivity index (χ0n) is 9.97. The van der Waals surface area contributed by atoms with Crippen LogP contribution in [0.2, 0.25) is 0 Å². The molecular weight excluding hydrogens is 212 g/mol. The second kappa shape index (κ2) is 3.59. The van der Waals surface area contributed by atoms with Gasteiger partial charge < -0.3 is 4.74 Å². The van der Waals surface area contributed by atoms with Crippen LogP contribution >= 0.6 is 0 Å². The van der Waals surface area contributed by atoms with Crippen LogP contribution in [0, 0.1) is 23.7 Å². The van der Waals surface area contributed by atoms with Crippen molar-refractivity contribution in [1.82, 2.24) is 0 Å². The molecule has 2 nitrogen and oxygen atoms in total. The zero-order valence-corrected chi connectivity index (χ0v) is 9.97. The van der Waals surface area contributed by atoms with Gasteiger partial charge in [0.1, 0.15) is 5.60 Å². The highest BCUT2D eigenvalue weighted by atomic mass is 16.6. The molecule has 0 aromatic heterocycles. The van der Waals surface area contributed by atoms with E-state index < -0.39 is 0 Å². The molecule has 1 saturated heterocycles. The van der Waals surface area contributed by atoms with Crippen molar-refractivity contribution < 1.29 is 9.53 Å². The fourth-order valence-electron chi connectivity index (χ4n) is 4.12. The van der Waals surface area contributed by atoms with E-state index in [4.69, 9.17) is 4.74 Å². The number of carbonyl (C=O) groups excluding carboxylic acids is 1. The highest BCUT2D eigenvalue weighted by molar-refractivity contribution is 5.78. The van der Waals surface area contributed by atoms with Gasteiger partial charge in [0.05, 0.1) is 5.92 Å². The standard InChI is InChI=1S/C15H18O2/c1-3-7-15(8-4-2)13-11-6-5-10(9-11)12(13)14(16)17-15/h3-6,10-13H,1-2,7-9H2/t10-,11+,12-,13+/m0/s1. The van der Waals surface area contributed by atoms with Crippen molar-refractivity contribution in [2.24, 2.45) is 23.7 Å². The fraction of sp³-hybridized carbons (Fsp3) is 0.533. The van der Waals surface area contributed by atoms with E-state index in [1.54, 1.807) is 0 Å². The Bertz CT molecular complexity index is 397. The molecule has 1 aliphatic heterocycles. The Hall–Kier alpha value is -1.31. The minimum absolute atomic E-state index is 0.00412. The van der Waals surface area contributed by atoms with Gasteiger partial charge in [0.2, 0.25) is 0 Å². The molecule has 3 rings (SSSR count). The van der Waals surface area contributed by atoms with Crippen molar-refractivity contribution in [2.45, 2.75) is 24.9 Å². The molecule has 2 aliphatic carbocycles. The van der Waals surface area contributed by atoms with E-state index in [0.717, 1.165) is 19.3 Å². The Balaban J connectivity index is 2.00. The van der Waals surface area contributed by atoms with E-state index in [2.05, 4.69) is 25.3 Å². The minimum Gasteiger partial charge on any atom is -0.458 e. The number of fused-ring (bicyclic) bond motifs is 5. The lowest BCUT2D eigenvalue weighted by molar-refractivity contribution is -0.152. The Morgan fingerprint density at radius 1 is 1.29 bits per heavy atom. The molecule has 2 bridgehead atoms. The molecule has 0 unspecified atom stereocenters. The van der Waals surface area contributed by atoms with Gasteiger partial charge in [-0.2, -0.15) is 0 Å². The van der Waals surface area contributed by atoms with E-state index in [-0.39, 0.29) is 17.5 Å². The molecular formula is C15H18O2. The molecule has 1 saturated carbocycles. The van der Waals surface area contributed by atoms with Gasteiger partial charge in [0.25, 0.3) is 0 Å². The first-order valence-electron chi connectivity index (χ1n) is 6.35. The SMILES string of the molecule is C=CCC1(CC=C)OC(=O)[C@@H]2[C@H]1[C@@H]1C=C[C@H]2C1. The van der Waals surface area contributed by atoms with Crippen molar-refractivity contribution in [3.8, 4) is 0 Å². The van der Waals surface area contributed by atoms with Crippen LogP contribution in [0.25, 0.3) is 0 Å². The van der Waals surface area contributed by atoms with Crippen molar-refractivity contribution in [3.05, 3.63) is 37.5 Å². The van der Waals surface area contributed by atoms with Crippen molar-refractivity contribution in [3.63, 3.8) is 0 Å². The topological polar surface area (TPSA) is 26.3 Å². The molecule has 1 heterocycles. The molecule has 2 heteroatoms. The van der Waals surface area contributed by atoms with E-state index >= 15 is 0 Å². The summed E-state index contributed by atoms with van der Waals surface area (Å²) in [6.45, 7) is 7.62. The lowest BCUT2D eigenvalue weighted by Gasteiger charge is -2.34. The van der Waals surface area contributed by atoms with Gasteiger partial charge in [-0.3, -0.25) is 4.79 Å². The first-order valence-corrected chi connectivity index (χ1v) is 6.35. The zero-order chi connectivity index (χ0) is 12.0. The van der Waals surface area contributed by atoms with Gasteiger partial charge in [-0.1, -0.05) is 24.3 Å². The Labute approximate surface area is 102 Å². The van der Waals surface area contributed by atoms with Crippen molar-refractivity contribution in [1.29, 1.82) is 0 Å². The highest BCUT2D eigenvalue weighted by Gasteiger charge is 2.63. The van der Waals surface area contributed by atoms with Gasteiger partial charge in [-0.15, -0.1) is 13.2 Å². The Kier molecular flexibility index (Phi) is 2.29. The van der Waals surface area contributed by atoms with E-state index in [0.29, 0.717) is 17.8 Å². The molecule has 4 atom stereocenters. The van der Waals surface area contributed by atoms with Gasteiger partial charge in [-0.25, -0.2) is 0 Å². The predicted octanol–water partition coefficient (Wildman–Crippen LogP) is 2.87. The summed E-state index contributed by atoms with van der Waals surface area (Å²) >= 11 is 0. The number of hydrogen-bond acceptors (Lipinski definition) is 2. The van der Waals surface area contributed by atoms with Crippen LogP contribution in [-0.2, 0) is 9.53 Å². The number of esters is 1. The third kappa shape index (κ3) is 1.30. The quantitative estimate of drug-likeness (QED) is 0.548. The Morgan fingerprint density at radius 2 is 1.94 bits per heavy atom. The molecule has 0 aromatic carbocycles. The molecule has 0 N–H and O–H groups in total. The van der Waals surface area contributed by atoms with Crippen LogP contribution in [0.15, 0.2) is 37.5 Å². The summed E-state index contributed by atoms with van der Waals surface area (Å²) in [7, 11) is 0. The summed E-state index contributed by atoms with van der Waals surface area (Å²) < 4.78 is 5.76. The second-order valence-electron chi connectivity index (χ2n) is 5.47. The minimum atomic E-state index is -0.366. The second-order valence-corrected chi connectivity index (χ2v) is 5.47. The van der Waals surface area contributed by atoms with Gasteiger partial charge in [-0.05, 0) is 18.3 Å². The molecule has 90 valence electrons. The molecule has 2 fully saturated rings. The van der Waals surface area contributed by atoms with Crippen LogP contribution in [0.3, 0.4) is 0 Å². The normalized spacial score (nSPS) is 40.1. The summed E-state index contributed by atoms with van der Waals surface area (Å²) in [5, 5.41) is 0. The third-order valence-corrected chi connectivity index (χ3v) is 4.62. The van der Waals surface area contributed by atoms with Crippen LogP contribution in [0.5, 0.6) is 0 Å². The van der Waals surface area contributed by atoms with Crippen LogP contribution < -0.4 is 0 Å². The smallest absolute Gasteiger partial charge is 0.310 e. The summed E-state index contributed by atoms with van der Waals surface area (Å²) in [5.74, 6) is 1.34. The largest absolute Gasteiger partial charge is 0.458 e. The first kappa shape index (κ1) is 10.8. The maximum absolute atomic E-state index is 12.1. The third-order valence-electron chi connectivity index (χ3n) is 4.62. The van der Waals surface area contributed by atoms with Gasteiger partial charge in [0.15, 0.2) is 0 Å². The lowest BCUT2D eigenvalue weighted by Crippen LogP contribution is -2.38. The summed E-state index contributed by atoms with van der Waals surface area (Å²) in [4.78, 5) is 12.1. The van der Waals surface area contributed by atoms with E-state index in [9.17, 15) is 4.79 Å². The number of rotatable bonds is 4. The summed E-state index contributed by atoms with van der Waals surface area (Å²) in [5.41, 5.74) is -0.366. The van der Waals surface area contributed by atoms with Gasteiger partial charge >= 0.3 is 5.97 Å². The number of hydrogen-bond donors (Lipinski definition) is 0. The van der Waals surface area contributed by atoms with Gasteiger partial charge in [0, 0.05) is 18.8 Å². The van der Waals surface area contributed by atoms with Crippen LogP contribution in [0.4, 0.5) is 0 Å². The average Bonchev–Trinajstić information content (AvgIpc) is 2.93. The van der Waals surface area contributed by atoms with E-state index in [1.165, 1.54) is 0 Å². The molecule has 17 heavy (non-hydrogen) atoms. The molecule has 0 radical (unpaired) electrons. The average molecular weight is 230 g/mol. The number of allylic oxidation sites excluding steroid dienone is 2. The summed E-state index contributed by atoms with van der Waals surface area (Å²) in [6.07, 6.45) is 10.8. The molecule has 0 spiro atoms. The maximum atomic E-state index is 12.1. The Morgan fingerprint density at radius 3 is 2.59 bits per heavy atom. The first-order chi connectivity index (χ1) is 8.22. The molecule has 0 amide bonds. The van der Waals surface area contributed by atoms with E-state index in [1.807, 2.05) is 12.2 Å². The predicted molar refractivity (Wildman–Crippen MR) is 66.2 cm³/mol. The van der Waals surface area contributed by atoms with Crippen molar-refractivity contribution in [2.75, 3.05) is 0 Å². The highest BCUT2D eigenvalue weighted by Crippen LogP contribution is 2.59. The van der Waals surface area contributed by atoms with Crippen LogP contribution in [-0.4, -0.2) is 11.6 Å².